The molecule has 94 valence electrons. The van der Waals surface area contributed by atoms with Crippen LogP contribution in [0.3, 0.4) is 0 Å². The Bertz CT molecular complexity index is 515. The van der Waals surface area contributed by atoms with Crippen molar-refractivity contribution in [2.45, 2.75) is 13.3 Å². The third-order valence-electron chi connectivity index (χ3n) is 2.27. The van der Waals surface area contributed by atoms with Gasteiger partial charge in [-0.2, -0.15) is 0 Å². The summed E-state index contributed by atoms with van der Waals surface area (Å²) >= 11 is 0. The van der Waals surface area contributed by atoms with Gasteiger partial charge in [-0.05, 0) is 30.7 Å². The fraction of sp³-hybridized carbons (Fsp3) is 0.214. The molecule has 0 radical (unpaired) electrons. The highest BCUT2D eigenvalue weighted by Gasteiger charge is 2.07. The Kier molecular flexibility index (Phi) is 4.02. The quantitative estimate of drug-likeness (QED) is 0.820. The number of pyridine rings is 1. The number of aromatic nitrogens is 1. The molecule has 1 aromatic carbocycles. The van der Waals surface area contributed by atoms with Crippen LogP contribution in [0, 0.1) is 0 Å². The van der Waals surface area contributed by atoms with Crippen LogP contribution >= 0.6 is 0 Å². The van der Waals surface area contributed by atoms with Gasteiger partial charge in [0.1, 0.15) is 5.75 Å². The molecule has 18 heavy (non-hydrogen) atoms. The zero-order valence-electron chi connectivity index (χ0n) is 10.3. The van der Waals surface area contributed by atoms with Gasteiger partial charge in [0.05, 0.1) is 6.61 Å². The average molecular weight is 244 g/mol. The van der Waals surface area contributed by atoms with Crippen LogP contribution in [-0.4, -0.2) is 11.6 Å². The van der Waals surface area contributed by atoms with Crippen LogP contribution < -0.4 is 15.2 Å². The number of hydrogen-bond acceptors (Lipinski definition) is 4. The second-order valence-corrected chi connectivity index (χ2v) is 3.83. The van der Waals surface area contributed by atoms with Gasteiger partial charge in [0, 0.05) is 18.0 Å². The first-order valence-electron chi connectivity index (χ1n) is 5.91. The van der Waals surface area contributed by atoms with Crippen molar-refractivity contribution in [2.24, 2.45) is 0 Å². The van der Waals surface area contributed by atoms with Crippen molar-refractivity contribution < 1.29 is 9.47 Å². The minimum absolute atomic E-state index is 0.455. The Morgan fingerprint density at radius 3 is 2.89 bits per heavy atom. The summed E-state index contributed by atoms with van der Waals surface area (Å²) in [6.45, 7) is 2.69. The number of rotatable bonds is 5. The molecule has 0 atom stereocenters. The fourth-order valence-electron chi connectivity index (χ4n) is 1.46. The largest absolute Gasteiger partial charge is 0.488 e. The second-order valence-electron chi connectivity index (χ2n) is 3.83. The minimum atomic E-state index is 0.455. The van der Waals surface area contributed by atoms with Crippen molar-refractivity contribution in [1.29, 1.82) is 0 Å². The smallest absolute Gasteiger partial charge is 0.262 e. The molecule has 0 bridgehead atoms. The maximum atomic E-state index is 5.70. The Balaban J connectivity index is 2.17. The molecule has 0 aliphatic carbocycles. The van der Waals surface area contributed by atoms with E-state index in [1.165, 1.54) is 0 Å². The number of nitrogens with zero attached hydrogens (tertiary/aromatic N) is 1. The molecule has 1 aromatic heterocycles. The summed E-state index contributed by atoms with van der Waals surface area (Å²) in [4.78, 5) is 4.17. The lowest BCUT2D eigenvalue weighted by Crippen LogP contribution is -1.98. The summed E-state index contributed by atoms with van der Waals surface area (Å²) in [6, 6.07) is 10.9. The third-order valence-corrected chi connectivity index (χ3v) is 2.27. The topological polar surface area (TPSA) is 57.4 Å². The molecule has 1 heterocycles. The molecule has 0 saturated heterocycles. The van der Waals surface area contributed by atoms with E-state index in [2.05, 4.69) is 11.9 Å². The van der Waals surface area contributed by atoms with Gasteiger partial charge in [-0.25, -0.2) is 4.98 Å². The lowest BCUT2D eigenvalue weighted by Gasteiger charge is -2.10. The molecule has 4 nitrogen and oxygen atoms in total. The Hall–Kier alpha value is -2.23. The van der Waals surface area contributed by atoms with E-state index < -0.39 is 0 Å². The Morgan fingerprint density at radius 2 is 2.11 bits per heavy atom. The van der Waals surface area contributed by atoms with Crippen LogP contribution in [-0.2, 0) is 0 Å². The predicted molar refractivity (Wildman–Crippen MR) is 71.0 cm³/mol. The first kappa shape index (κ1) is 12.2. The number of hydrogen-bond donors (Lipinski definition) is 1. The van der Waals surface area contributed by atoms with Gasteiger partial charge in [0.15, 0.2) is 5.75 Å². The molecule has 0 spiro atoms. The van der Waals surface area contributed by atoms with Crippen molar-refractivity contribution >= 4 is 5.69 Å². The number of nitrogen functional groups attached to an aromatic ring is 1. The molecule has 0 saturated carbocycles. The normalized spacial score (nSPS) is 10.1. The molecular weight excluding hydrogens is 228 g/mol. The van der Waals surface area contributed by atoms with Crippen molar-refractivity contribution in [3.05, 3.63) is 42.6 Å². The Labute approximate surface area is 106 Å². The van der Waals surface area contributed by atoms with Gasteiger partial charge in [-0.1, -0.05) is 13.0 Å². The van der Waals surface area contributed by atoms with Gasteiger partial charge in [0.2, 0.25) is 0 Å². The van der Waals surface area contributed by atoms with Crippen LogP contribution in [0.5, 0.6) is 17.4 Å². The summed E-state index contributed by atoms with van der Waals surface area (Å²) in [5.74, 6) is 1.74. The zero-order valence-corrected chi connectivity index (χ0v) is 10.3. The highest BCUT2D eigenvalue weighted by molar-refractivity contribution is 5.45. The maximum absolute atomic E-state index is 5.70. The van der Waals surface area contributed by atoms with E-state index in [4.69, 9.17) is 15.2 Å². The van der Waals surface area contributed by atoms with Gasteiger partial charge >= 0.3 is 0 Å². The summed E-state index contributed by atoms with van der Waals surface area (Å²) in [5, 5.41) is 0. The summed E-state index contributed by atoms with van der Waals surface area (Å²) in [7, 11) is 0. The van der Waals surface area contributed by atoms with Crippen molar-refractivity contribution in [3.8, 4) is 17.4 Å². The first-order valence-corrected chi connectivity index (χ1v) is 5.91. The minimum Gasteiger partial charge on any atom is -0.488 e. The molecule has 2 aromatic rings. The monoisotopic (exact) mass is 244 g/mol. The van der Waals surface area contributed by atoms with Crippen LogP contribution in [0.1, 0.15) is 13.3 Å². The van der Waals surface area contributed by atoms with Crippen LogP contribution in [0.4, 0.5) is 5.69 Å². The molecule has 0 fully saturated rings. The van der Waals surface area contributed by atoms with E-state index in [0.717, 1.165) is 6.42 Å². The summed E-state index contributed by atoms with van der Waals surface area (Å²) < 4.78 is 11.2. The van der Waals surface area contributed by atoms with E-state index in [1.54, 1.807) is 18.3 Å². The second kappa shape index (κ2) is 5.91. The molecule has 4 heteroatoms. The summed E-state index contributed by atoms with van der Waals surface area (Å²) in [6.07, 6.45) is 2.60. The number of anilines is 1. The van der Waals surface area contributed by atoms with Crippen molar-refractivity contribution in [3.63, 3.8) is 0 Å². The highest BCUT2D eigenvalue weighted by Crippen LogP contribution is 2.29. The van der Waals surface area contributed by atoms with Gasteiger partial charge in [-0.3, -0.25) is 0 Å². The van der Waals surface area contributed by atoms with E-state index in [9.17, 15) is 0 Å². The van der Waals surface area contributed by atoms with Crippen LogP contribution in [0.25, 0.3) is 0 Å². The molecule has 0 aliphatic rings. The SMILES string of the molecule is CCCOc1cccnc1Oc1cccc(N)c1. The number of nitrogens with two attached hydrogens (primary N) is 1. The molecule has 0 amide bonds. The van der Waals surface area contributed by atoms with Gasteiger partial charge in [0.25, 0.3) is 5.88 Å². The van der Waals surface area contributed by atoms with Gasteiger partial charge in [-0.15, -0.1) is 0 Å². The Morgan fingerprint density at radius 1 is 1.22 bits per heavy atom. The molecule has 0 unspecified atom stereocenters. The first-order chi connectivity index (χ1) is 8.79. The maximum Gasteiger partial charge on any atom is 0.262 e. The summed E-state index contributed by atoms with van der Waals surface area (Å²) in [5.41, 5.74) is 6.35. The van der Waals surface area contributed by atoms with E-state index in [-0.39, 0.29) is 0 Å². The molecule has 2 N–H and O–H groups in total. The molecular formula is C14H16N2O2. The van der Waals surface area contributed by atoms with Crippen molar-refractivity contribution in [1.82, 2.24) is 4.98 Å². The van der Waals surface area contributed by atoms with Crippen LogP contribution in [0.2, 0.25) is 0 Å². The standard InChI is InChI=1S/C14H16N2O2/c1-2-9-17-13-7-4-8-16-14(13)18-12-6-3-5-11(15)10-12/h3-8,10H,2,9,15H2,1H3. The predicted octanol–water partition coefficient (Wildman–Crippen LogP) is 3.24. The fourth-order valence-corrected chi connectivity index (χ4v) is 1.46. The zero-order chi connectivity index (χ0) is 12.8. The average Bonchev–Trinajstić information content (AvgIpc) is 2.38. The molecule has 2 rings (SSSR count). The number of benzene rings is 1. The third kappa shape index (κ3) is 3.13. The van der Waals surface area contributed by atoms with Gasteiger partial charge < -0.3 is 15.2 Å². The van der Waals surface area contributed by atoms with E-state index >= 15 is 0 Å². The van der Waals surface area contributed by atoms with Crippen molar-refractivity contribution in [2.75, 3.05) is 12.3 Å². The molecule has 0 aliphatic heterocycles. The van der Waals surface area contributed by atoms with E-state index in [1.807, 2.05) is 24.3 Å². The number of ether oxygens (including phenoxy) is 2. The highest BCUT2D eigenvalue weighted by atomic mass is 16.5. The van der Waals surface area contributed by atoms with E-state index in [0.29, 0.717) is 29.7 Å². The van der Waals surface area contributed by atoms with Crippen LogP contribution in [0.15, 0.2) is 42.6 Å². The lowest BCUT2D eigenvalue weighted by atomic mass is 10.3. The lowest BCUT2D eigenvalue weighted by molar-refractivity contribution is 0.298.